The lowest BCUT2D eigenvalue weighted by molar-refractivity contribution is 0.231. The summed E-state index contributed by atoms with van der Waals surface area (Å²) in [5.74, 6) is -1.97. The second-order valence-corrected chi connectivity index (χ2v) is 4.37. The number of rotatable bonds is 4. The summed E-state index contributed by atoms with van der Waals surface area (Å²) in [5, 5.41) is 0. The number of halogens is 2. The van der Waals surface area contributed by atoms with Gasteiger partial charge in [-0.1, -0.05) is 0 Å². The lowest BCUT2D eigenvalue weighted by Gasteiger charge is -2.37. The third-order valence-corrected chi connectivity index (χ3v) is 3.48. The number of aliphatic imine (C=N–C) groups is 1. The maximum Gasteiger partial charge on any atom is 0.235 e. The minimum Gasteiger partial charge on any atom is -0.494 e. The second kappa shape index (κ2) is 4.97. The fraction of sp³-hybridized carbons (Fsp3) is 0.462. The molecular weight excluding hydrogens is 256 g/mol. The van der Waals surface area contributed by atoms with Gasteiger partial charge in [0, 0.05) is 6.07 Å². The summed E-state index contributed by atoms with van der Waals surface area (Å²) in [5.41, 5.74) is -1.46. The van der Waals surface area contributed by atoms with Crippen molar-refractivity contribution in [2.75, 3.05) is 14.2 Å². The maximum atomic E-state index is 14.3. The summed E-state index contributed by atoms with van der Waals surface area (Å²) in [7, 11) is 2.55. The zero-order valence-corrected chi connectivity index (χ0v) is 10.6. The third-order valence-electron chi connectivity index (χ3n) is 3.48. The zero-order valence-electron chi connectivity index (χ0n) is 10.6. The Labute approximate surface area is 109 Å². The Morgan fingerprint density at radius 1 is 1.21 bits per heavy atom. The molecule has 0 aliphatic heterocycles. The fourth-order valence-corrected chi connectivity index (χ4v) is 2.31. The van der Waals surface area contributed by atoms with Crippen molar-refractivity contribution in [3.8, 4) is 11.5 Å². The van der Waals surface area contributed by atoms with Gasteiger partial charge < -0.3 is 9.47 Å². The first-order valence-electron chi connectivity index (χ1n) is 5.79. The smallest absolute Gasteiger partial charge is 0.235 e. The average Bonchev–Trinajstić information content (AvgIpc) is 2.36. The van der Waals surface area contributed by atoms with Crippen molar-refractivity contribution in [3.05, 3.63) is 23.3 Å². The van der Waals surface area contributed by atoms with E-state index in [2.05, 4.69) is 4.99 Å². The molecule has 4 nitrogen and oxygen atoms in total. The molecule has 0 atom stereocenters. The molecule has 0 radical (unpaired) electrons. The van der Waals surface area contributed by atoms with Gasteiger partial charge >= 0.3 is 0 Å². The van der Waals surface area contributed by atoms with E-state index in [1.165, 1.54) is 20.3 Å². The maximum absolute atomic E-state index is 14.3. The van der Waals surface area contributed by atoms with Crippen LogP contribution in [-0.4, -0.2) is 20.3 Å². The molecule has 1 aromatic carbocycles. The summed E-state index contributed by atoms with van der Waals surface area (Å²) in [6.07, 6.45) is 2.93. The van der Waals surface area contributed by atoms with E-state index in [0.29, 0.717) is 12.8 Å². The van der Waals surface area contributed by atoms with Crippen LogP contribution in [0.25, 0.3) is 0 Å². The van der Waals surface area contributed by atoms with Crippen LogP contribution in [0, 0.1) is 11.6 Å². The molecule has 1 fully saturated rings. The monoisotopic (exact) mass is 269 g/mol. The number of benzene rings is 1. The molecule has 1 aromatic rings. The number of nitrogens with zero attached hydrogens (tertiary/aromatic N) is 1. The van der Waals surface area contributed by atoms with E-state index in [4.69, 9.17) is 9.47 Å². The Kier molecular flexibility index (Phi) is 3.53. The largest absolute Gasteiger partial charge is 0.494 e. The van der Waals surface area contributed by atoms with Crippen molar-refractivity contribution in [2.24, 2.45) is 4.99 Å². The SMILES string of the molecule is COc1cc(OC)c(F)c(C2(N=C=O)CCC2)c1F. The highest BCUT2D eigenvalue weighted by Crippen LogP contribution is 2.49. The van der Waals surface area contributed by atoms with Crippen LogP contribution in [0.3, 0.4) is 0 Å². The molecule has 0 bridgehead atoms. The van der Waals surface area contributed by atoms with Crippen LogP contribution in [0.15, 0.2) is 11.1 Å². The van der Waals surface area contributed by atoms with E-state index in [1.54, 1.807) is 0 Å². The molecule has 1 aliphatic rings. The minimum atomic E-state index is -1.18. The van der Waals surface area contributed by atoms with E-state index in [1.807, 2.05) is 0 Å². The van der Waals surface area contributed by atoms with Gasteiger partial charge in [0.25, 0.3) is 0 Å². The predicted octanol–water partition coefficient (Wildman–Crippen LogP) is 2.70. The van der Waals surface area contributed by atoms with Crippen molar-refractivity contribution in [3.63, 3.8) is 0 Å². The van der Waals surface area contributed by atoms with Gasteiger partial charge in [-0.15, -0.1) is 0 Å². The molecule has 0 unspecified atom stereocenters. The molecular formula is C13H13F2NO3. The van der Waals surface area contributed by atoms with Gasteiger partial charge in [0.2, 0.25) is 6.08 Å². The number of hydrogen-bond donors (Lipinski definition) is 0. The lowest BCUT2D eigenvalue weighted by atomic mass is 9.72. The van der Waals surface area contributed by atoms with E-state index >= 15 is 0 Å². The van der Waals surface area contributed by atoms with Crippen LogP contribution in [0.4, 0.5) is 8.78 Å². The summed E-state index contributed by atoms with van der Waals surface area (Å²) in [6.45, 7) is 0. The van der Waals surface area contributed by atoms with Gasteiger partial charge in [-0.3, -0.25) is 0 Å². The molecule has 1 saturated carbocycles. The number of methoxy groups -OCH3 is 2. The molecule has 19 heavy (non-hydrogen) atoms. The average molecular weight is 269 g/mol. The molecule has 6 heteroatoms. The number of ether oxygens (including phenoxy) is 2. The van der Waals surface area contributed by atoms with Crippen molar-refractivity contribution < 1.29 is 23.0 Å². The minimum absolute atomic E-state index is 0.138. The van der Waals surface area contributed by atoms with Crippen LogP contribution in [0.2, 0.25) is 0 Å². The number of hydrogen-bond acceptors (Lipinski definition) is 4. The predicted molar refractivity (Wildman–Crippen MR) is 63.1 cm³/mol. The van der Waals surface area contributed by atoms with E-state index in [-0.39, 0.29) is 17.1 Å². The van der Waals surface area contributed by atoms with Crippen LogP contribution in [-0.2, 0) is 10.3 Å². The second-order valence-electron chi connectivity index (χ2n) is 4.37. The Bertz CT molecular complexity index is 521. The number of isocyanates is 1. The van der Waals surface area contributed by atoms with Crippen molar-refractivity contribution >= 4 is 6.08 Å². The lowest BCUT2D eigenvalue weighted by Crippen LogP contribution is -2.34. The highest BCUT2D eigenvalue weighted by Gasteiger charge is 2.45. The molecule has 0 N–H and O–H groups in total. The molecule has 2 rings (SSSR count). The van der Waals surface area contributed by atoms with Crippen molar-refractivity contribution in [1.82, 2.24) is 0 Å². The normalized spacial score (nSPS) is 16.2. The van der Waals surface area contributed by atoms with Crippen LogP contribution < -0.4 is 9.47 Å². The summed E-state index contributed by atoms with van der Waals surface area (Å²) >= 11 is 0. The molecule has 0 aromatic heterocycles. The Balaban J connectivity index is 2.70. The zero-order chi connectivity index (χ0) is 14.0. The molecule has 0 spiro atoms. The molecule has 0 heterocycles. The summed E-state index contributed by atoms with van der Waals surface area (Å²) < 4.78 is 38.3. The standard InChI is InChI=1S/C13H13F2NO3/c1-18-8-6-9(19-2)12(15)10(11(8)14)13(16-7-17)4-3-5-13/h6H,3-5H2,1-2H3. The highest BCUT2D eigenvalue weighted by molar-refractivity contribution is 5.48. The Hall–Kier alpha value is -1.94. The van der Waals surface area contributed by atoms with E-state index in [0.717, 1.165) is 12.5 Å². The molecule has 1 aliphatic carbocycles. The van der Waals surface area contributed by atoms with Crippen molar-refractivity contribution in [1.29, 1.82) is 0 Å². The van der Waals surface area contributed by atoms with Gasteiger partial charge in [-0.2, -0.15) is 4.99 Å². The molecule has 0 amide bonds. The van der Waals surface area contributed by atoms with Gasteiger partial charge in [0.15, 0.2) is 23.1 Å². The highest BCUT2D eigenvalue weighted by atomic mass is 19.1. The quantitative estimate of drug-likeness (QED) is 0.623. The Morgan fingerprint density at radius 2 is 1.74 bits per heavy atom. The topological polar surface area (TPSA) is 47.9 Å². The van der Waals surface area contributed by atoms with E-state index < -0.39 is 17.2 Å². The van der Waals surface area contributed by atoms with Crippen molar-refractivity contribution in [2.45, 2.75) is 24.8 Å². The van der Waals surface area contributed by atoms with Crippen LogP contribution >= 0.6 is 0 Å². The van der Waals surface area contributed by atoms with Gasteiger partial charge in [-0.05, 0) is 19.3 Å². The molecule has 0 saturated heterocycles. The Morgan fingerprint density at radius 3 is 2.05 bits per heavy atom. The van der Waals surface area contributed by atoms with Crippen LogP contribution in [0.5, 0.6) is 11.5 Å². The fourth-order valence-electron chi connectivity index (χ4n) is 2.31. The molecule has 102 valence electrons. The first-order chi connectivity index (χ1) is 9.09. The van der Waals surface area contributed by atoms with Crippen LogP contribution in [0.1, 0.15) is 24.8 Å². The first-order valence-corrected chi connectivity index (χ1v) is 5.79. The number of carbonyl (C=O) groups excluding carboxylic acids is 1. The third kappa shape index (κ3) is 1.98. The van der Waals surface area contributed by atoms with Gasteiger partial charge in [-0.25, -0.2) is 13.6 Å². The van der Waals surface area contributed by atoms with Gasteiger partial charge in [0.05, 0.1) is 19.8 Å². The van der Waals surface area contributed by atoms with Gasteiger partial charge in [0.1, 0.15) is 5.54 Å². The summed E-state index contributed by atoms with van der Waals surface area (Å²) in [4.78, 5) is 14.1. The first kappa shape index (κ1) is 13.5. The summed E-state index contributed by atoms with van der Waals surface area (Å²) in [6, 6.07) is 1.13. The van der Waals surface area contributed by atoms with E-state index in [9.17, 15) is 13.6 Å².